The molecule has 2 amide bonds. The summed E-state index contributed by atoms with van der Waals surface area (Å²) in [5.74, 6) is 0. The molecule has 3 rings (SSSR count). The number of benzene rings is 1. The fraction of sp³-hybridized carbons (Fsp3) is 0.742. The van der Waals surface area contributed by atoms with Crippen LogP contribution in [-0.2, 0) is 28.0 Å². The van der Waals surface area contributed by atoms with E-state index in [1.807, 2.05) is 6.92 Å². The van der Waals surface area contributed by atoms with Crippen LogP contribution in [0.1, 0.15) is 72.8 Å². The second kappa shape index (κ2) is 13.7. The summed E-state index contributed by atoms with van der Waals surface area (Å²) in [6.07, 6.45) is 3.72. The number of nitrogens with one attached hydrogen (secondary N) is 1. The fourth-order valence-electron chi connectivity index (χ4n) is 5.41. The zero-order valence-corrected chi connectivity index (χ0v) is 29.3. The lowest BCUT2D eigenvalue weighted by atomic mass is 9.74. The Bertz CT molecular complexity index is 1250. The Morgan fingerprint density at radius 3 is 2.11 bits per heavy atom. The van der Waals surface area contributed by atoms with Gasteiger partial charge in [0.2, 0.25) is 0 Å². The third-order valence-corrected chi connectivity index (χ3v) is 13.7. The standard InChI is InChI=1S/C31H52N2O9S2/c1-22-10-12-25(13-11-22)44(37,38)40-21-24(20-39-43(8,9)30(5,6)7)41-23-18-26(32-27(34)42-29(2,3)4)31(19-23)14-16-33(17-15-31)28(35)36/h10-13,23-24,26H,14-21H2,1-9H3,(H,32,34)(H,35,36)/t23-,24?,26+/m0/s1. The highest BCUT2D eigenvalue weighted by molar-refractivity contribution is 8.29. The lowest BCUT2D eigenvalue weighted by Crippen LogP contribution is -2.51. The van der Waals surface area contributed by atoms with Gasteiger partial charge in [-0.2, -0.15) is 8.42 Å². The van der Waals surface area contributed by atoms with E-state index in [-0.39, 0.29) is 35.0 Å². The van der Waals surface area contributed by atoms with E-state index in [2.05, 4.69) is 38.6 Å². The highest BCUT2D eigenvalue weighted by Gasteiger charge is 2.51. The molecule has 1 saturated heterocycles. The Morgan fingerprint density at radius 2 is 1.59 bits per heavy atom. The van der Waals surface area contributed by atoms with Crippen LogP contribution < -0.4 is 5.32 Å². The first-order chi connectivity index (χ1) is 20.1. The number of alkyl carbamates (subject to hydrolysis) is 1. The van der Waals surface area contributed by atoms with Crippen molar-refractivity contribution in [2.24, 2.45) is 5.41 Å². The smallest absolute Gasteiger partial charge is 0.407 e. The molecular weight excluding hydrogens is 608 g/mol. The maximum atomic E-state index is 13.0. The van der Waals surface area contributed by atoms with Crippen molar-refractivity contribution in [1.82, 2.24) is 10.2 Å². The van der Waals surface area contributed by atoms with Crippen molar-refractivity contribution >= 4 is 32.6 Å². The van der Waals surface area contributed by atoms with Gasteiger partial charge in [0.05, 0.1) is 24.2 Å². The van der Waals surface area contributed by atoms with Crippen LogP contribution in [0.4, 0.5) is 9.59 Å². The molecule has 1 unspecified atom stereocenters. The van der Waals surface area contributed by atoms with Gasteiger partial charge in [0, 0.05) is 23.9 Å². The minimum Gasteiger partial charge on any atom is -0.465 e. The maximum absolute atomic E-state index is 13.0. The number of hydrogen-bond acceptors (Lipinski definition) is 8. The first kappa shape index (κ1) is 36.4. The number of rotatable bonds is 10. The summed E-state index contributed by atoms with van der Waals surface area (Å²) in [7, 11) is -5.58. The molecule has 1 aromatic rings. The van der Waals surface area contributed by atoms with Crippen LogP contribution in [0.3, 0.4) is 0 Å². The van der Waals surface area contributed by atoms with Crippen LogP contribution in [0.5, 0.6) is 0 Å². The van der Waals surface area contributed by atoms with Gasteiger partial charge in [0.1, 0.15) is 11.7 Å². The van der Waals surface area contributed by atoms with Crippen LogP contribution in [0, 0.1) is 12.3 Å². The number of carboxylic acid groups (broad SMARTS) is 1. The highest BCUT2D eigenvalue weighted by Crippen LogP contribution is 2.54. The monoisotopic (exact) mass is 660 g/mol. The summed E-state index contributed by atoms with van der Waals surface area (Å²) in [5, 5.41) is 12.6. The number of amides is 2. The fourth-order valence-corrected chi connectivity index (χ4v) is 7.20. The molecule has 0 aromatic heterocycles. The van der Waals surface area contributed by atoms with Crippen LogP contribution in [0.2, 0.25) is 0 Å². The van der Waals surface area contributed by atoms with E-state index in [9.17, 15) is 23.1 Å². The van der Waals surface area contributed by atoms with Gasteiger partial charge in [-0.15, -0.1) is 10.3 Å². The van der Waals surface area contributed by atoms with Crippen molar-refractivity contribution in [3.8, 4) is 0 Å². The molecule has 1 heterocycles. The Balaban J connectivity index is 1.81. The van der Waals surface area contributed by atoms with Crippen LogP contribution >= 0.6 is 10.3 Å². The van der Waals surface area contributed by atoms with Gasteiger partial charge < -0.3 is 29.0 Å². The molecule has 13 heteroatoms. The molecule has 0 radical (unpaired) electrons. The summed E-state index contributed by atoms with van der Waals surface area (Å²) in [6, 6.07) is 6.15. The van der Waals surface area contributed by atoms with Crippen molar-refractivity contribution in [1.29, 1.82) is 0 Å². The molecule has 252 valence electrons. The van der Waals surface area contributed by atoms with Crippen molar-refractivity contribution in [3.63, 3.8) is 0 Å². The Morgan fingerprint density at radius 1 is 1.02 bits per heavy atom. The molecular formula is C31H52N2O9S2. The van der Waals surface area contributed by atoms with E-state index >= 15 is 0 Å². The Hall–Kier alpha value is -2.06. The summed E-state index contributed by atoms with van der Waals surface area (Å²) < 4.78 is 50.0. The van der Waals surface area contributed by atoms with Crippen LogP contribution in [0.15, 0.2) is 29.2 Å². The summed E-state index contributed by atoms with van der Waals surface area (Å²) in [5.41, 5.74) is -0.141. The van der Waals surface area contributed by atoms with E-state index in [4.69, 9.17) is 17.8 Å². The molecule has 0 bridgehead atoms. The number of hydrogen-bond donors (Lipinski definition) is 2. The average molecular weight is 661 g/mol. The predicted octanol–water partition coefficient (Wildman–Crippen LogP) is 5.70. The largest absolute Gasteiger partial charge is 0.465 e. The minimum atomic E-state index is -4.04. The first-order valence-corrected chi connectivity index (χ1v) is 18.9. The van der Waals surface area contributed by atoms with E-state index in [1.54, 1.807) is 32.9 Å². The Labute approximate surface area is 265 Å². The van der Waals surface area contributed by atoms with Gasteiger partial charge >= 0.3 is 12.2 Å². The molecule has 2 aliphatic rings. The van der Waals surface area contributed by atoms with E-state index in [0.717, 1.165) is 5.56 Å². The molecule has 44 heavy (non-hydrogen) atoms. The van der Waals surface area contributed by atoms with Crippen LogP contribution in [-0.4, -0.2) is 98.0 Å². The van der Waals surface area contributed by atoms with Gasteiger partial charge in [0.25, 0.3) is 10.1 Å². The second-order valence-corrected chi connectivity index (χ2v) is 19.9. The minimum absolute atomic E-state index is 0.0649. The summed E-state index contributed by atoms with van der Waals surface area (Å²) in [6.45, 7) is 14.2. The number of ether oxygens (including phenoxy) is 2. The number of piperidine rings is 1. The van der Waals surface area contributed by atoms with E-state index in [0.29, 0.717) is 38.8 Å². The van der Waals surface area contributed by atoms with Crippen molar-refractivity contribution in [2.45, 2.75) is 108 Å². The molecule has 3 atom stereocenters. The van der Waals surface area contributed by atoms with Gasteiger partial charge in [-0.05, 0) is 83.4 Å². The van der Waals surface area contributed by atoms with Crippen molar-refractivity contribution in [2.75, 3.05) is 38.8 Å². The molecule has 2 fully saturated rings. The number of likely N-dealkylation sites (tertiary alicyclic amines) is 1. The van der Waals surface area contributed by atoms with Gasteiger partial charge in [0.15, 0.2) is 0 Å². The lowest BCUT2D eigenvalue weighted by molar-refractivity contribution is -0.0539. The molecule has 1 aliphatic carbocycles. The predicted molar refractivity (Wildman–Crippen MR) is 172 cm³/mol. The van der Waals surface area contributed by atoms with Crippen molar-refractivity contribution < 1.29 is 41.0 Å². The average Bonchev–Trinajstić information content (AvgIpc) is 3.19. The summed E-state index contributed by atoms with van der Waals surface area (Å²) >= 11 is 0. The number of aryl methyl sites for hydroxylation is 1. The SMILES string of the molecule is Cc1ccc(S(=O)(=O)OCC(COS(C)(C)C(C)(C)C)O[C@H]2C[C@@H](NC(=O)OC(C)(C)C)C3(CCN(C(=O)O)CC3)C2)cc1. The second-order valence-electron chi connectivity index (χ2n) is 14.3. The maximum Gasteiger partial charge on any atom is 0.407 e. The number of nitrogens with zero attached hydrogens (tertiary/aromatic N) is 1. The molecule has 1 aromatic carbocycles. The van der Waals surface area contributed by atoms with Gasteiger partial charge in [-0.3, -0.25) is 4.18 Å². The first-order valence-electron chi connectivity index (χ1n) is 15.1. The van der Waals surface area contributed by atoms with Crippen LogP contribution in [0.25, 0.3) is 0 Å². The third kappa shape index (κ3) is 9.72. The normalized spacial score (nSPS) is 22.1. The van der Waals surface area contributed by atoms with Gasteiger partial charge in [-0.25, -0.2) is 9.59 Å². The van der Waals surface area contributed by atoms with Crippen molar-refractivity contribution in [3.05, 3.63) is 29.8 Å². The number of carbonyl (C=O) groups excluding carboxylic acids is 1. The molecule has 1 spiro atoms. The topological polar surface area (TPSA) is 141 Å². The highest BCUT2D eigenvalue weighted by atomic mass is 32.3. The lowest BCUT2D eigenvalue weighted by Gasteiger charge is -2.44. The van der Waals surface area contributed by atoms with Gasteiger partial charge in [-0.1, -0.05) is 38.5 Å². The zero-order valence-electron chi connectivity index (χ0n) is 27.7. The molecule has 2 N–H and O–H groups in total. The number of carbonyl (C=O) groups is 2. The third-order valence-electron chi connectivity index (χ3n) is 8.72. The Kier molecular flexibility index (Phi) is 11.4. The molecule has 1 aliphatic heterocycles. The van der Waals surface area contributed by atoms with E-state index in [1.165, 1.54) is 17.0 Å². The van der Waals surface area contributed by atoms with E-state index < -0.39 is 49.7 Å². The quantitative estimate of drug-likeness (QED) is 0.303. The summed E-state index contributed by atoms with van der Waals surface area (Å²) in [4.78, 5) is 25.9. The molecule has 1 saturated carbocycles. The molecule has 11 nitrogen and oxygen atoms in total. The zero-order chi connectivity index (χ0) is 33.1.